The van der Waals surface area contributed by atoms with E-state index in [4.69, 9.17) is 29.0 Å². The van der Waals surface area contributed by atoms with Crippen LogP contribution in [0.1, 0.15) is 153 Å². The second kappa shape index (κ2) is 24.8. The quantitative estimate of drug-likeness (QED) is 0.0508. The van der Waals surface area contributed by atoms with Crippen LogP contribution in [0.5, 0.6) is 5.75 Å². The van der Waals surface area contributed by atoms with E-state index in [1.165, 1.54) is 140 Å². The second-order valence-electron chi connectivity index (χ2n) is 10.3. The summed E-state index contributed by atoms with van der Waals surface area (Å²) >= 11 is 9.64. The zero-order chi connectivity index (χ0) is 25.6. The first-order valence-corrected chi connectivity index (χ1v) is 18.4. The van der Waals surface area contributed by atoms with E-state index in [-0.39, 0.29) is 19.5 Å². The van der Waals surface area contributed by atoms with E-state index in [1.807, 2.05) is 12.1 Å². The summed E-state index contributed by atoms with van der Waals surface area (Å²) in [6, 6.07) is 6.10. The number of hydrogen-bond donors (Lipinski definition) is 0. The van der Waals surface area contributed by atoms with E-state index in [2.05, 4.69) is 19.9 Å². The first kappa shape index (κ1) is 36.7. The molecular weight excluding hydrogens is 553 g/mol. The van der Waals surface area contributed by atoms with Crippen molar-refractivity contribution < 1.29 is 28.9 Å². The molecule has 0 aliphatic rings. The van der Waals surface area contributed by atoms with Gasteiger partial charge in [0.2, 0.25) is 0 Å². The maximum atomic E-state index is 11.8. The molecule has 0 amide bonds. The Kier molecular flexibility index (Phi) is 25.3. The van der Waals surface area contributed by atoms with E-state index < -0.39 is 6.12 Å². The van der Waals surface area contributed by atoms with Crippen LogP contribution in [0.25, 0.3) is 0 Å². The van der Waals surface area contributed by atoms with Crippen molar-refractivity contribution in [2.45, 2.75) is 155 Å². The van der Waals surface area contributed by atoms with Crippen molar-refractivity contribution in [3.8, 4) is 5.75 Å². The predicted octanol–water partition coefficient (Wildman–Crippen LogP) is 10.1. The second-order valence-corrected chi connectivity index (χ2v) is 15.0. The molecular formula is C30H53O2PS2Zn. The van der Waals surface area contributed by atoms with E-state index in [1.54, 1.807) is 0 Å². The van der Waals surface area contributed by atoms with Gasteiger partial charge in [-0.25, -0.2) is 0 Å². The van der Waals surface area contributed by atoms with Gasteiger partial charge in [0.15, 0.2) is 5.75 Å². The monoisotopic (exact) mass is 604 g/mol. The third-order valence-electron chi connectivity index (χ3n) is 6.99. The topological polar surface area (TPSA) is 32.3 Å². The van der Waals surface area contributed by atoms with Crippen molar-refractivity contribution in [1.29, 1.82) is 0 Å². The fourth-order valence-electron chi connectivity index (χ4n) is 4.87. The van der Waals surface area contributed by atoms with Gasteiger partial charge in [0, 0.05) is 0 Å². The Bertz CT molecular complexity index is 625. The van der Waals surface area contributed by atoms with Crippen LogP contribution in [-0.2, 0) is 56.8 Å². The Morgan fingerprint density at radius 2 is 0.944 bits per heavy atom. The average Bonchev–Trinajstić information content (AvgIpc) is 2.81. The Morgan fingerprint density at radius 3 is 1.33 bits per heavy atom. The molecule has 0 spiro atoms. The molecule has 0 fully saturated rings. The third kappa shape index (κ3) is 21.6. The van der Waals surface area contributed by atoms with Crippen molar-refractivity contribution >= 4 is 30.6 Å². The maximum Gasteiger partial charge on any atom is 2.00 e. The van der Waals surface area contributed by atoms with Crippen LogP contribution in [0.4, 0.5) is 0 Å². The summed E-state index contributed by atoms with van der Waals surface area (Å²) in [5.41, 5.74) is 2.74. The van der Waals surface area contributed by atoms with Crippen LogP contribution in [0, 0.1) is 0 Å². The maximum absolute atomic E-state index is 11.8. The largest absolute Gasteiger partial charge is 2.00 e. The van der Waals surface area contributed by atoms with E-state index >= 15 is 0 Å². The summed E-state index contributed by atoms with van der Waals surface area (Å²) in [5, 5.41) is 0. The Balaban J connectivity index is 0.0000122. The molecule has 6 heteroatoms. The molecule has 0 radical (unpaired) electrons. The molecule has 0 aliphatic heterocycles. The molecule has 2 nitrogen and oxygen atoms in total. The molecule has 0 unspecified atom stereocenters. The van der Waals surface area contributed by atoms with Crippen molar-refractivity contribution in [3.05, 3.63) is 29.3 Å². The summed E-state index contributed by atoms with van der Waals surface area (Å²) in [6.45, 7) is 4.55. The van der Waals surface area contributed by atoms with Crippen LogP contribution in [0.2, 0.25) is 0 Å². The molecule has 1 aromatic rings. The first-order valence-electron chi connectivity index (χ1n) is 14.8. The van der Waals surface area contributed by atoms with Gasteiger partial charge >= 0.3 is 19.5 Å². The zero-order valence-corrected chi connectivity index (χ0v) is 29.1. The average molecular weight is 606 g/mol. The molecule has 0 aromatic heterocycles. The van der Waals surface area contributed by atoms with Gasteiger partial charge in [0.1, 0.15) is 0 Å². The van der Waals surface area contributed by atoms with Gasteiger partial charge in [-0.2, -0.15) is 0 Å². The minimum absolute atomic E-state index is 0. The Labute approximate surface area is 248 Å². The van der Waals surface area contributed by atoms with E-state index in [0.717, 1.165) is 12.8 Å². The van der Waals surface area contributed by atoms with Crippen LogP contribution in [0.15, 0.2) is 18.2 Å². The van der Waals surface area contributed by atoms with Gasteiger partial charge in [-0.15, -0.1) is 6.12 Å². The molecule has 1 aromatic carbocycles. The summed E-state index contributed by atoms with van der Waals surface area (Å²) in [4.78, 5) is 11.8. The normalized spacial score (nSPS) is 11.5. The molecule has 0 heterocycles. The standard InChI is InChI=1S/C30H55O2PS2.Zn/c1-3-5-7-9-11-13-15-17-19-21-23-28-25-26-30(32-33(31,34)35)27-29(28)24-22-20-18-16-14-12-10-8-6-4-2;/h25-27H,3-24H2,1-2H3,(H2,31,34,35);/q;+2/p-2. The van der Waals surface area contributed by atoms with Crippen molar-refractivity contribution in [2.75, 3.05) is 0 Å². The van der Waals surface area contributed by atoms with Crippen molar-refractivity contribution in [2.24, 2.45) is 0 Å². The number of unbranched alkanes of at least 4 members (excludes halogenated alkanes) is 18. The Morgan fingerprint density at radius 1 is 0.583 bits per heavy atom. The van der Waals surface area contributed by atoms with Crippen LogP contribution in [0.3, 0.4) is 0 Å². The number of benzene rings is 1. The molecule has 0 aliphatic carbocycles. The minimum atomic E-state index is -3.36. The number of aryl methyl sites for hydroxylation is 2. The van der Waals surface area contributed by atoms with Gasteiger partial charge in [0.25, 0.3) is 0 Å². The first-order chi connectivity index (χ1) is 17.0. The molecule has 0 N–H and O–H groups in total. The number of hydrogen-bond acceptors (Lipinski definition) is 4. The molecule has 204 valence electrons. The van der Waals surface area contributed by atoms with Gasteiger partial charge < -0.3 is 33.9 Å². The molecule has 0 bridgehead atoms. The van der Waals surface area contributed by atoms with Crippen molar-refractivity contribution in [1.82, 2.24) is 0 Å². The van der Waals surface area contributed by atoms with E-state index in [0.29, 0.717) is 5.75 Å². The summed E-state index contributed by atoms with van der Waals surface area (Å²) in [5.74, 6) is 0.576. The SMILES string of the molecule is CCCCCCCCCCCCc1ccc(O[P+]([O-])([S-])[S-])cc1CCCCCCCCCCCC.[Zn+2]. The molecule has 36 heavy (non-hydrogen) atoms. The van der Waals surface area contributed by atoms with Crippen LogP contribution < -0.4 is 9.42 Å². The van der Waals surface area contributed by atoms with Crippen LogP contribution >= 0.6 is 6.12 Å². The summed E-state index contributed by atoms with van der Waals surface area (Å²) in [7, 11) is 0. The van der Waals surface area contributed by atoms with Gasteiger partial charge in [-0.3, -0.25) is 0 Å². The smallest absolute Gasteiger partial charge is 0.682 e. The predicted molar refractivity (Wildman–Crippen MR) is 160 cm³/mol. The van der Waals surface area contributed by atoms with Gasteiger partial charge in [-0.05, 0) is 48.9 Å². The fraction of sp³-hybridized carbons (Fsp3) is 0.800. The molecule has 1 rings (SSSR count). The Hall–Kier alpha value is 0.733. The fourth-order valence-corrected chi connectivity index (χ4v) is 5.76. The molecule has 0 atom stereocenters. The van der Waals surface area contributed by atoms with Crippen LogP contribution in [-0.4, -0.2) is 0 Å². The summed E-state index contributed by atoms with van der Waals surface area (Å²) < 4.78 is 5.39. The zero-order valence-electron chi connectivity index (χ0n) is 23.6. The summed E-state index contributed by atoms with van der Waals surface area (Å²) in [6.07, 6.45) is 25.8. The van der Waals surface area contributed by atoms with E-state index in [9.17, 15) is 4.89 Å². The third-order valence-corrected chi connectivity index (χ3v) is 7.88. The van der Waals surface area contributed by atoms with Gasteiger partial charge in [0.05, 0.1) is 0 Å². The minimum Gasteiger partial charge on any atom is -0.682 e. The number of rotatable bonds is 24. The molecule has 0 saturated carbocycles. The van der Waals surface area contributed by atoms with Crippen molar-refractivity contribution in [3.63, 3.8) is 0 Å². The van der Waals surface area contributed by atoms with Gasteiger partial charge in [-0.1, -0.05) is 135 Å². The molecule has 0 saturated heterocycles.